The Bertz CT molecular complexity index is 1660. The number of nitrogens with one attached hydrogen (secondary N) is 5. The van der Waals surface area contributed by atoms with Crippen molar-refractivity contribution in [1.82, 2.24) is 41.3 Å². The van der Waals surface area contributed by atoms with Crippen LogP contribution < -0.4 is 49.5 Å². The standard InChI is InChI=1S/C37H60N12O12/c38-14-2-1-6-23(37(60)61)46-33(56)22(11-13-28(41)51)44-29(52)19-42-34(57)24-7-4-17-49(24)36(59)26-9-5-16-48(26)31(54)20-43-32(55)21(10-12-27(40)50)45-35(58)25-8-3-15-47(25)30(53)18-39/h21-26H,1-20,38-39H2,(H2,40,50)(H2,41,51)(H,42,57)(H,43,55)(H,44,52)(H,45,58)(H,46,56)(H,60,61)/t21-,22-,23-,24-,25-,26-/m0/s1. The second-order valence-corrected chi connectivity index (χ2v) is 15.2. The van der Waals surface area contributed by atoms with Gasteiger partial charge in [-0.3, -0.25) is 47.9 Å². The van der Waals surface area contributed by atoms with Crippen molar-refractivity contribution in [2.45, 2.75) is 120 Å². The lowest BCUT2D eigenvalue weighted by Crippen LogP contribution is -2.56. The number of carbonyl (C=O) groups is 11. The molecule has 6 atom stereocenters. The zero-order valence-electron chi connectivity index (χ0n) is 34.2. The topological polar surface area (TPSA) is 382 Å². The zero-order valence-corrected chi connectivity index (χ0v) is 34.2. The Kier molecular flexibility index (Phi) is 19.8. The number of hydrogen-bond donors (Lipinski definition) is 10. The van der Waals surface area contributed by atoms with Gasteiger partial charge in [-0.25, -0.2) is 4.79 Å². The number of carbonyl (C=O) groups excluding carboxylic acids is 10. The fourth-order valence-electron chi connectivity index (χ4n) is 7.59. The minimum absolute atomic E-state index is 0.0767. The predicted octanol–water partition coefficient (Wildman–Crippen LogP) is -5.65. The fourth-order valence-corrected chi connectivity index (χ4v) is 7.59. The number of rotatable bonds is 24. The predicted molar refractivity (Wildman–Crippen MR) is 212 cm³/mol. The molecule has 3 saturated heterocycles. The highest BCUT2D eigenvalue weighted by atomic mass is 16.4. The summed E-state index contributed by atoms with van der Waals surface area (Å²) < 4.78 is 0. The van der Waals surface area contributed by atoms with Crippen LogP contribution >= 0.6 is 0 Å². The average molecular weight is 865 g/mol. The molecule has 0 aliphatic carbocycles. The molecule has 0 radical (unpaired) electrons. The summed E-state index contributed by atoms with van der Waals surface area (Å²) in [5.41, 5.74) is 21.4. The molecule has 0 unspecified atom stereocenters. The van der Waals surface area contributed by atoms with E-state index in [9.17, 15) is 57.8 Å². The van der Waals surface area contributed by atoms with E-state index < -0.39 is 114 Å². The van der Waals surface area contributed by atoms with E-state index in [2.05, 4.69) is 26.6 Å². The lowest BCUT2D eigenvalue weighted by Gasteiger charge is -2.31. The van der Waals surface area contributed by atoms with Crippen molar-refractivity contribution in [1.29, 1.82) is 0 Å². The summed E-state index contributed by atoms with van der Waals surface area (Å²) in [4.78, 5) is 144. The SMILES string of the molecule is NCCCC[C@H](NC(=O)[C@H](CCC(N)=O)NC(=O)CNC(=O)[C@@H]1CCCN1C(=O)[C@@H]1CCCN1C(=O)CNC(=O)[C@H](CCC(N)=O)NC(=O)[C@@H]1CCCN1C(=O)CN)C(=O)O. The molecule has 10 amide bonds. The third-order valence-electron chi connectivity index (χ3n) is 10.8. The molecule has 3 aliphatic heterocycles. The molecule has 3 heterocycles. The minimum atomic E-state index is -1.36. The molecule has 0 aromatic heterocycles. The summed E-state index contributed by atoms with van der Waals surface area (Å²) in [6.07, 6.45) is 2.31. The summed E-state index contributed by atoms with van der Waals surface area (Å²) in [7, 11) is 0. The van der Waals surface area contributed by atoms with Gasteiger partial charge in [-0.05, 0) is 77.2 Å². The van der Waals surface area contributed by atoms with Crippen molar-refractivity contribution in [3.8, 4) is 0 Å². The van der Waals surface area contributed by atoms with Gasteiger partial charge in [0, 0.05) is 32.5 Å². The first-order valence-electron chi connectivity index (χ1n) is 20.5. The lowest BCUT2D eigenvalue weighted by molar-refractivity contribution is -0.146. The number of nitrogens with two attached hydrogens (primary N) is 4. The van der Waals surface area contributed by atoms with Crippen molar-refractivity contribution < 1.29 is 57.8 Å². The highest BCUT2D eigenvalue weighted by Crippen LogP contribution is 2.25. The minimum Gasteiger partial charge on any atom is -0.480 e. The first-order chi connectivity index (χ1) is 29.0. The monoisotopic (exact) mass is 864 g/mol. The molecular formula is C37H60N12O12. The maximum Gasteiger partial charge on any atom is 0.326 e. The third-order valence-corrected chi connectivity index (χ3v) is 10.8. The normalized spacial score (nSPS) is 19.9. The fraction of sp³-hybridized carbons (Fsp3) is 0.703. The summed E-state index contributed by atoms with van der Waals surface area (Å²) in [6, 6.07) is -6.74. The van der Waals surface area contributed by atoms with Crippen LogP contribution in [0.1, 0.15) is 83.5 Å². The van der Waals surface area contributed by atoms with E-state index in [-0.39, 0.29) is 64.6 Å². The number of likely N-dealkylation sites (tertiary alicyclic amines) is 3. The van der Waals surface area contributed by atoms with Gasteiger partial charge in [0.05, 0.1) is 19.6 Å². The molecule has 61 heavy (non-hydrogen) atoms. The third kappa shape index (κ3) is 14.9. The molecule has 3 aliphatic rings. The van der Waals surface area contributed by atoms with Crippen LogP contribution in [0.25, 0.3) is 0 Å². The van der Waals surface area contributed by atoms with Gasteiger partial charge in [0.25, 0.3) is 0 Å². The first kappa shape index (κ1) is 49.5. The molecule has 0 bridgehead atoms. The number of amides is 10. The molecule has 3 fully saturated rings. The molecule has 0 saturated carbocycles. The van der Waals surface area contributed by atoms with Crippen molar-refractivity contribution in [3.63, 3.8) is 0 Å². The van der Waals surface area contributed by atoms with E-state index in [1.165, 1.54) is 14.7 Å². The first-order valence-corrected chi connectivity index (χ1v) is 20.5. The molecule has 0 spiro atoms. The largest absolute Gasteiger partial charge is 0.480 e. The average Bonchev–Trinajstić information content (AvgIpc) is 4.03. The lowest BCUT2D eigenvalue weighted by atomic mass is 10.1. The number of aliphatic carboxylic acids is 1. The van der Waals surface area contributed by atoms with E-state index in [1.807, 2.05) is 0 Å². The van der Waals surface area contributed by atoms with Gasteiger partial charge < -0.3 is 69.3 Å². The van der Waals surface area contributed by atoms with E-state index in [4.69, 9.17) is 22.9 Å². The Labute approximate surface area is 352 Å². The number of hydrogen-bond acceptors (Lipinski definition) is 13. The smallest absolute Gasteiger partial charge is 0.326 e. The maximum atomic E-state index is 13.8. The Balaban J connectivity index is 1.58. The van der Waals surface area contributed by atoms with Crippen LogP contribution in [0.15, 0.2) is 0 Å². The molecule has 0 aromatic carbocycles. The van der Waals surface area contributed by atoms with Gasteiger partial charge in [0.2, 0.25) is 59.1 Å². The van der Waals surface area contributed by atoms with Crippen LogP contribution in [0, 0.1) is 0 Å². The highest BCUT2D eigenvalue weighted by molar-refractivity contribution is 5.97. The van der Waals surface area contributed by atoms with E-state index in [0.717, 1.165) is 0 Å². The molecule has 0 aromatic rings. The number of carboxylic acid groups (broad SMARTS) is 1. The molecule has 14 N–H and O–H groups in total. The highest BCUT2D eigenvalue weighted by Gasteiger charge is 2.42. The zero-order chi connectivity index (χ0) is 45.2. The second kappa shape index (κ2) is 24.4. The summed E-state index contributed by atoms with van der Waals surface area (Å²) >= 11 is 0. The van der Waals surface area contributed by atoms with Gasteiger partial charge in [0.1, 0.15) is 36.3 Å². The Morgan fingerprint density at radius 2 is 1.11 bits per heavy atom. The van der Waals surface area contributed by atoms with Gasteiger partial charge in [0.15, 0.2) is 0 Å². The van der Waals surface area contributed by atoms with Crippen LogP contribution in [-0.4, -0.2) is 167 Å². The van der Waals surface area contributed by atoms with Crippen LogP contribution in [0.2, 0.25) is 0 Å². The van der Waals surface area contributed by atoms with Crippen LogP contribution in [-0.2, 0) is 52.7 Å². The van der Waals surface area contributed by atoms with Crippen LogP contribution in [0.4, 0.5) is 0 Å². The Morgan fingerprint density at radius 1 is 0.574 bits per heavy atom. The van der Waals surface area contributed by atoms with Crippen LogP contribution in [0.3, 0.4) is 0 Å². The van der Waals surface area contributed by atoms with Gasteiger partial charge in [-0.15, -0.1) is 0 Å². The molecule has 24 heteroatoms. The van der Waals surface area contributed by atoms with E-state index in [0.29, 0.717) is 51.6 Å². The summed E-state index contributed by atoms with van der Waals surface area (Å²) in [5.74, 6) is -8.15. The van der Waals surface area contributed by atoms with Gasteiger partial charge in [-0.2, -0.15) is 0 Å². The number of unbranched alkanes of at least 4 members (excludes halogenated alkanes) is 1. The second-order valence-electron chi connectivity index (χ2n) is 15.2. The Hall–Kier alpha value is -5.91. The number of carboxylic acids is 1. The molecule has 3 rings (SSSR count). The number of nitrogens with zero attached hydrogens (tertiary/aromatic N) is 3. The van der Waals surface area contributed by atoms with Crippen LogP contribution in [0.5, 0.6) is 0 Å². The molecule has 340 valence electrons. The van der Waals surface area contributed by atoms with Crippen molar-refractivity contribution in [2.75, 3.05) is 45.8 Å². The Morgan fingerprint density at radius 3 is 1.67 bits per heavy atom. The van der Waals surface area contributed by atoms with E-state index in [1.54, 1.807) is 0 Å². The number of primary amides is 2. The molecule has 24 nitrogen and oxygen atoms in total. The summed E-state index contributed by atoms with van der Waals surface area (Å²) in [6.45, 7) is -0.493. The van der Waals surface area contributed by atoms with Gasteiger partial charge >= 0.3 is 5.97 Å². The molecular weight excluding hydrogens is 804 g/mol. The van der Waals surface area contributed by atoms with E-state index >= 15 is 0 Å². The summed E-state index contributed by atoms with van der Waals surface area (Å²) in [5, 5.41) is 21.8. The van der Waals surface area contributed by atoms with Crippen molar-refractivity contribution in [3.05, 3.63) is 0 Å². The maximum absolute atomic E-state index is 13.8. The quantitative estimate of drug-likeness (QED) is 0.0405. The van der Waals surface area contributed by atoms with Gasteiger partial charge in [-0.1, -0.05) is 0 Å². The van der Waals surface area contributed by atoms with Crippen molar-refractivity contribution in [2.24, 2.45) is 22.9 Å². The van der Waals surface area contributed by atoms with Crippen molar-refractivity contribution >= 4 is 65.0 Å².